The molecule has 0 aliphatic carbocycles. The number of hydrogen-bond donors (Lipinski definition) is 2. The Morgan fingerprint density at radius 3 is 2.80 bits per heavy atom. The number of aromatic nitrogens is 1. The number of aliphatic hydroxyl groups excluding tert-OH is 1. The largest absolute Gasteiger partial charge is 0.417 e. The molecule has 1 unspecified atom stereocenters. The molecule has 2 N–H and O–H groups in total. The molecule has 0 aliphatic rings. The first kappa shape index (κ1) is 12.9. The Morgan fingerprint density at radius 2 is 2.05 bits per heavy atom. The van der Waals surface area contributed by atoms with Crippen LogP contribution in [-0.4, -0.2) is 10.1 Å². The van der Waals surface area contributed by atoms with Crippen LogP contribution in [0.15, 0.2) is 45.6 Å². The fourth-order valence-corrected chi connectivity index (χ4v) is 2.19. The van der Waals surface area contributed by atoms with Gasteiger partial charge in [-0.25, -0.2) is 9.18 Å². The number of aliphatic hydroxyl groups is 1. The van der Waals surface area contributed by atoms with Crippen LogP contribution in [-0.2, 0) is 0 Å². The number of rotatable bonds is 2. The number of H-pyrrole nitrogens is 1. The molecule has 102 valence electrons. The van der Waals surface area contributed by atoms with Gasteiger partial charge in [0, 0.05) is 10.6 Å². The normalized spacial score (nSPS) is 12.8. The quantitative estimate of drug-likeness (QED) is 0.763. The van der Waals surface area contributed by atoms with Gasteiger partial charge < -0.3 is 9.52 Å². The zero-order valence-electron chi connectivity index (χ0n) is 10.1. The van der Waals surface area contributed by atoms with Crippen molar-refractivity contribution in [3.63, 3.8) is 0 Å². The molecule has 4 nitrogen and oxygen atoms in total. The molecule has 1 heterocycles. The first-order valence-corrected chi connectivity index (χ1v) is 6.18. The van der Waals surface area contributed by atoms with E-state index in [2.05, 4.69) is 4.98 Å². The highest BCUT2D eigenvalue weighted by atomic mass is 35.5. The van der Waals surface area contributed by atoms with E-state index in [0.29, 0.717) is 16.7 Å². The number of oxazole rings is 1. The number of fused-ring (bicyclic) bond motifs is 1. The van der Waals surface area contributed by atoms with Crippen molar-refractivity contribution in [2.45, 2.75) is 6.10 Å². The molecule has 6 heteroatoms. The van der Waals surface area contributed by atoms with Gasteiger partial charge in [-0.3, -0.25) is 4.98 Å². The zero-order valence-corrected chi connectivity index (χ0v) is 10.8. The minimum atomic E-state index is -1.17. The SMILES string of the molecule is O=c1[nH]c2ccc(C(O)c3ccc(Cl)cc3F)cc2o1. The van der Waals surface area contributed by atoms with Crippen molar-refractivity contribution >= 4 is 22.7 Å². The molecular weight excluding hydrogens is 285 g/mol. The summed E-state index contributed by atoms with van der Waals surface area (Å²) in [6.07, 6.45) is -1.17. The molecule has 20 heavy (non-hydrogen) atoms. The molecule has 0 fully saturated rings. The van der Waals surface area contributed by atoms with Gasteiger partial charge in [0.2, 0.25) is 0 Å². The Labute approximate surface area is 117 Å². The van der Waals surface area contributed by atoms with E-state index in [4.69, 9.17) is 16.0 Å². The van der Waals surface area contributed by atoms with Crippen molar-refractivity contribution in [1.29, 1.82) is 0 Å². The third kappa shape index (κ3) is 2.21. The summed E-state index contributed by atoms with van der Waals surface area (Å²) in [6.45, 7) is 0. The maximum atomic E-state index is 13.8. The Bertz CT molecular complexity index is 840. The molecule has 1 aromatic heterocycles. The Morgan fingerprint density at radius 1 is 1.25 bits per heavy atom. The van der Waals surface area contributed by atoms with Crippen LogP contribution in [0.25, 0.3) is 11.1 Å². The van der Waals surface area contributed by atoms with E-state index in [0.717, 1.165) is 6.07 Å². The predicted molar refractivity (Wildman–Crippen MR) is 72.3 cm³/mol. The highest BCUT2D eigenvalue weighted by molar-refractivity contribution is 6.30. The van der Waals surface area contributed by atoms with Crippen LogP contribution in [0.5, 0.6) is 0 Å². The van der Waals surface area contributed by atoms with E-state index in [1.807, 2.05) is 0 Å². The number of aromatic amines is 1. The van der Waals surface area contributed by atoms with Crippen LogP contribution >= 0.6 is 11.6 Å². The van der Waals surface area contributed by atoms with E-state index in [-0.39, 0.29) is 10.6 Å². The summed E-state index contributed by atoms with van der Waals surface area (Å²) in [7, 11) is 0. The highest BCUT2D eigenvalue weighted by Gasteiger charge is 2.16. The van der Waals surface area contributed by atoms with Gasteiger partial charge in [-0.05, 0) is 29.8 Å². The van der Waals surface area contributed by atoms with Gasteiger partial charge in [0.15, 0.2) is 5.58 Å². The lowest BCUT2D eigenvalue weighted by Gasteiger charge is -2.12. The van der Waals surface area contributed by atoms with Crippen LogP contribution in [0.3, 0.4) is 0 Å². The second-order valence-electron chi connectivity index (χ2n) is 4.34. The van der Waals surface area contributed by atoms with Crippen LogP contribution in [0.1, 0.15) is 17.2 Å². The smallest absolute Gasteiger partial charge is 0.408 e. The number of halogens is 2. The van der Waals surface area contributed by atoms with E-state index < -0.39 is 17.7 Å². The van der Waals surface area contributed by atoms with Gasteiger partial charge in [-0.15, -0.1) is 0 Å². The molecule has 0 radical (unpaired) electrons. The van der Waals surface area contributed by atoms with Crippen LogP contribution in [0.2, 0.25) is 5.02 Å². The lowest BCUT2D eigenvalue weighted by atomic mass is 10.0. The molecule has 3 aromatic rings. The molecule has 0 amide bonds. The summed E-state index contributed by atoms with van der Waals surface area (Å²) < 4.78 is 18.7. The number of nitrogens with one attached hydrogen (secondary N) is 1. The van der Waals surface area contributed by atoms with Gasteiger partial charge in [0.25, 0.3) is 0 Å². The first-order valence-electron chi connectivity index (χ1n) is 5.80. The molecule has 0 saturated heterocycles. The van der Waals surface area contributed by atoms with E-state index in [1.54, 1.807) is 12.1 Å². The molecule has 0 aliphatic heterocycles. The van der Waals surface area contributed by atoms with Crippen molar-refractivity contribution in [3.05, 3.63) is 68.9 Å². The van der Waals surface area contributed by atoms with E-state index in [9.17, 15) is 14.3 Å². The lowest BCUT2D eigenvalue weighted by Crippen LogP contribution is -2.02. The minimum Gasteiger partial charge on any atom is -0.408 e. The van der Waals surface area contributed by atoms with Crippen LogP contribution < -0.4 is 5.76 Å². The average Bonchev–Trinajstić information content (AvgIpc) is 2.77. The molecule has 0 spiro atoms. The third-order valence-corrected chi connectivity index (χ3v) is 3.25. The van der Waals surface area contributed by atoms with Gasteiger partial charge in [-0.2, -0.15) is 0 Å². The van der Waals surface area contributed by atoms with Gasteiger partial charge in [0.05, 0.1) is 5.52 Å². The monoisotopic (exact) mass is 293 g/mol. The third-order valence-electron chi connectivity index (χ3n) is 3.02. The summed E-state index contributed by atoms with van der Waals surface area (Å²) in [6, 6.07) is 8.72. The van der Waals surface area contributed by atoms with Crippen LogP contribution in [0.4, 0.5) is 4.39 Å². The van der Waals surface area contributed by atoms with Gasteiger partial charge in [-0.1, -0.05) is 23.7 Å². The van der Waals surface area contributed by atoms with Crippen molar-refractivity contribution in [3.8, 4) is 0 Å². The maximum Gasteiger partial charge on any atom is 0.417 e. The number of benzene rings is 2. The summed E-state index contributed by atoms with van der Waals surface area (Å²) in [5, 5.41) is 10.5. The summed E-state index contributed by atoms with van der Waals surface area (Å²) >= 11 is 5.67. The molecule has 0 saturated carbocycles. The molecule has 1 atom stereocenters. The Hall–Kier alpha value is -2.11. The average molecular weight is 294 g/mol. The van der Waals surface area contributed by atoms with Crippen molar-refractivity contribution in [2.75, 3.05) is 0 Å². The standard InChI is InChI=1S/C14H9ClFNO3/c15-8-2-3-9(10(16)6-8)13(18)7-1-4-11-12(5-7)20-14(19)17-11/h1-6,13,18H,(H,17,19). The first-order chi connectivity index (χ1) is 9.54. The number of hydrogen-bond acceptors (Lipinski definition) is 3. The Balaban J connectivity index is 2.06. The highest BCUT2D eigenvalue weighted by Crippen LogP contribution is 2.27. The van der Waals surface area contributed by atoms with Crippen LogP contribution in [0, 0.1) is 5.82 Å². The molecule has 3 rings (SSSR count). The fraction of sp³-hybridized carbons (Fsp3) is 0.0714. The van der Waals surface area contributed by atoms with E-state index >= 15 is 0 Å². The van der Waals surface area contributed by atoms with Gasteiger partial charge >= 0.3 is 5.76 Å². The Kier molecular flexibility index (Phi) is 3.08. The second-order valence-corrected chi connectivity index (χ2v) is 4.77. The van der Waals surface area contributed by atoms with Crippen molar-refractivity contribution < 1.29 is 13.9 Å². The fourth-order valence-electron chi connectivity index (χ4n) is 2.03. The molecular formula is C14H9ClFNO3. The van der Waals surface area contributed by atoms with Crippen molar-refractivity contribution in [1.82, 2.24) is 4.98 Å². The topological polar surface area (TPSA) is 66.2 Å². The predicted octanol–water partition coefficient (Wildman–Crippen LogP) is 3.00. The summed E-state index contributed by atoms with van der Waals surface area (Å²) in [5.74, 6) is -1.18. The zero-order chi connectivity index (χ0) is 14.3. The molecule has 0 bridgehead atoms. The summed E-state index contributed by atoms with van der Waals surface area (Å²) in [5.41, 5.74) is 1.34. The van der Waals surface area contributed by atoms with Crippen molar-refractivity contribution in [2.24, 2.45) is 0 Å². The van der Waals surface area contributed by atoms with Gasteiger partial charge in [0.1, 0.15) is 11.9 Å². The lowest BCUT2D eigenvalue weighted by molar-refractivity contribution is 0.215. The minimum absolute atomic E-state index is 0.103. The summed E-state index contributed by atoms with van der Waals surface area (Å²) in [4.78, 5) is 13.6. The van der Waals surface area contributed by atoms with E-state index in [1.165, 1.54) is 18.2 Å². The second kappa shape index (κ2) is 4.77. The molecule has 2 aromatic carbocycles. The maximum absolute atomic E-state index is 13.8.